The largest absolute Gasteiger partial charge is 0.384 e. The molecule has 2 N–H and O–H groups in total. The Hall–Kier alpha value is -1.04. The summed E-state index contributed by atoms with van der Waals surface area (Å²) in [5.74, 6) is 1.01. The lowest BCUT2D eigenvalue weighted by Crippen LogP contribution is -2.15. The van der Waals surface area contributed by atoms with E-state index >= 15 is 0 Å². The summed E-state index contributed by atoms with van der Waals surface area (Å²) < 4.78 is 24.9. The van der Waals surface area contributed by atoms with Crippen molar-refractivity contribution in [3.8, 4) is 0 Å². The van der Waals surface area contributed by atoms with Gasteiger partial charge in [0.25, 0.3) is 0 Å². The first-order valence-electron chi connectivity index (χ1n) is 6.63. The number of hydrogen-bond donors (Lipinski definition) is 1. The molecule has 1 fully saturated rings. The van der Waals surface area contributed by atoms with E-state index in [9.17, 15) is 8.42 Å². The lowest BCUT2D eigenvalue weighted by atomic mass is 9.89. The van der Waals surface area contributed by atoms with E-state index in [1.165, 1.54) is 0 Å². The fraction of sp³-hybridized carbons (Fsp3) is 0.769. The van der Waals surface area contributed by atoms with Crippen LogP contribution in [0.15, 0.2) is 0 Å². The van der Waals surface area contributed by atoms with Gasteiger partial charge in [-0.1, -0.05) is 20.8 Å². The van der Waals surface area contributed by atoms with Crippen molar-refractivity contribution in [2.24, 2.45) is 5.41 Å². The fourth-order valence-electron chi connectivity index (χ4n) is 2.50. The lowest BCUT2D eigenvalue weighted by molar-refractivity contribution is 0.399. The van der Waals surface area contributed by atoms with Crippen LogP contribution < -0.4 is 5.73 Å². The maximum absolute atomic E-state index is 11.6. The fourth-order valence-corrected chi connectivity index (χ4v) is 4.19. The Balaban J connectivity index is 2.31. The van der Waals surface area contributed by atoms with E-state index in [1.54, 1.807) is 4.68 Å². The van der Waals surface area contributed by atoms with Crippen molar-refractivity contribution in [3.63, 3.8) is 0 Å². The normalized spacial score (nSPS) is 22.8. The highest BCUT2D eigenvalue weighted by molar-refractivity contribution is 7.91. The zero-order valence-electron chi connectivity index (χ0n) is 12.1. The maximum atomic E-state index is 11.6. The molecule has 1 aliphatic rings. The number of nitrogen functional groups attached to an aromatic ring is 1. The summed E-state index contributed by atoms with van der Waals surface area (Å²) in [6, 6.07) is -0.0996. The summed E-state index contributed by atoms with van der Waals surface area (Å²) >= 11 is 0. The van der Waals surface area contributed by atoms with Crippen molar-refractivity contribution < 1.29 is 8.42 Å². The average Bonchev–Trinajstić information content (AvgIpc) is 2.71. The van der Waals surface area contributed by atoms with Gasteiger partial charge in [-0.2, -0.15) is 5.10 Å². The first-order valence-corrected chi connectivity index (χ1v) is 8.45. The van der Waals surface area contributed by atoms with E-state index in [-0.39, 0.29) is 23.0 Å². The summed E-state index contributed by atoms with van der Waals surface area (Å²) in [5, 5.41) is 4.57. The minimum atomic E-state index is -2.92. The van der Waals surface area contributed by atoms with Crippen LogP contribution in [0.5, 0.6) is 0 Å². The molecule has 1 aromatic rings. The molecule has 0 radical (unpaired) electrons. The molecule has 0 bridgehead atoms. The summed E-state index contributed by atoms with van der Waals surface area (Å²) in [6.45, 7) is 8.42. The van der Waals surface area contributed by atoms with Crippen molar-refractivity contribution in [3.05, 3.63) is 11.3 Å². The summed E-state index contributed by atoms with van der Waals surface area (Å²) in [5.41, 5.74) is 8.20. The van der Waals surface area contributed by atoms with Crippen LogP contribution in [0.4, 0.5) is 5.82 Å². The Kier molecular flexibility index (Phi) is 3.41. The molecule has 1 atom stereocenters. The van der Waals surface area contributed by atoms with Gasteiger partial charge in [-0.05, 0) is 25.2 Å². The van der Waals surface area contributed by atoms with Gasteiger partial charge in [-0.25, -0.2) is 13.1 Å². The number of aromatic nitrogens is 2. The van der Waals surface area contributed by atoms with E-state index < -0.39 is 9.84 Å². The van der Waals surface area contributed by atoms with Gasteiger partial charge < -0.3 is 5.73 Å². The Labute approximate surface area is 115 Å². The molecule has 0 spiro atoms. The third-order valence-electron chi connectivity index (χ3n) is 3.54. The number of nitrogens with zero attached hydrogens (tertiary/aromatic N) is 2. The number of rotatable bonds is 2. The van der Waals surface area contributed by atoms with Crippen molar-refractivity contribution >= 4 is 15.7 Å². The van der Waals surface area contributed by atoms with Gasteiger partial charge in [-0.15, -0.1) is 0 Å². The van der Waals surface area contributed by atoms with Crippen molar-refractivity contribution in [1.29, 1.82) is 0 Å². The molecule has 0 amide bonds. The molecule has 1 unspecified atom stereocenters. The summed E-state index contributed by atoms with van der Waals surface area (Å²) in [6.07, 6.45) is 1.46. The highest BCUT2D eigenvalue weighted by Crippen LogP contribution is 2.30. The average molecular weight is 285 g/mol. The second-order valence-electron chi connectivity index (χ2n) is 6.70. The van der Waals surface area contributed by atoms with Crippen molar-refractivity contribution in [1.82, 2.24) is 9.78 Å². The highest BCUT2D eigenvalue weighted by Gasteiger charge is 2.32. The van der Waals surface area contributed by atoms with Crippen LogP contribution in [-0.4, -0.2) is 29.7 Å². The topological polar surface area (TPSA) is 78.0 Å². The van der Waals surface area contributed by atoms with Crippen LogP contribution in [0, 0.1) is 12.3 Å². The maximum Gasteiger partial charge on any atom is 0.152 e. The van der Waals surface area contributed by atoms with Gasteiger partial charge in [0, 0.05) is 5.56 Å². The van der Waals surface area contributed by atoms with E-state index in [4.69, 9.17) is 5.73 Å². The predicted molar refractivity (Wildman–Crippen MR) is 76.8 cm³/mol. The molecule has 2 heterocycles. The molecule has 0 aromatic carbocycles. The van der Waals surface area contributed by atoms with Gasteiger partial charge in [-0.3, -0.25) is 0 Å². The van der Waals surface area contributed by atoms with Gasteiger partial charge in [0.15, 0.2) is 9.84 Å². The van der Waals surface area contributed by atoms with Gasteiger partial charge in [0.05, 0.1) is 23.2 Å². The van der Waals surface area contributed by atoms with Crippen LogP contribution in [0.25, 0.3) is 0 Å². The van der Waals surface area contributed by atoms with E-state index in [0.29, 0.717) is 12.2 Å². The quantitative estimate of drug-likeness (QED) is 0.897. The highest BCUT2D eigenvalue weighted by atomic mass is 32.2. The minimum absolute atomic E-state index is 0.0996. The molecular formula is C13H23N3O2S. The smallest absolute Gasteiger partial charge is 0.152 e. The Morgan fingerprint density at radius 1 is 1.42 bits per heavy atom. The van der Waals surface area contributed by atoms with E-state index in [2.05, 4.69) is 25.9 Å². The van der Waals surface area contributed by atoms with Crippen LogP contribution in [0.2, 0.25) is 0 Å². The summed E-state index contributed by atoms with van der Waals surface area (Å²) in [7, 11) is -2.92. The number of nitrogens with two attached hydrogens (primary N) is 1. The predicted octanol–water partition coefficient (Wildman–Crippen LogP) is 1.72. The number of hydrogen-bond acceptors (Lipinski definition) is 4. The molecule has 5 nitrogen and oxygen atoms in total. The van der Waals surface area contributed by atoms with Gasteiger partial charge in [0.2, 0.25) is 0 Å². The van der Waals surface area contributed by atoms with Crippen LogP contribution >= 0.6 is 0 Å². The molecule has 6 heteroatoms. The molecule has 0 aliphatic carbocycles. The molecule has 108 valence electrons. The zero-order chi connectivity index (χ0) is 14.4. The monoisotopic (exact) mass is 285 g/mol. The second-order valence-corrected chi connectivity index (χ2v) is 8.92. The van der Waals surface area contributed by atoms with Crippen LogP contribution in [0.3, 0.4) is 0 Å². The standard InChI is InChI=1S/C13H23N3O2S/c1-9-11(7-13(2,3)4)15-16(12(9)14)10-5-6-19(17,18)8-10/h10H,5-8,14H2,1-4H3. The van der Waals surface area contributed by atoms with E-state index in [0.717, 1.165) is 17.7 Å². The molecule has 1 aromatic heterocycles. The van der Waals surface area contributed by atoms with Crippen molar-refractivity contribution in [2.75, 3.05) is 17.2 Å². The van der Waals surface area contributed by atoms with Gasteiger partial charge >= 0.3 is 0 Å². The third-order valence-corrected chi connectivity index (χ3v) is 5.29. The minimum Gasteiger partial charge on any atom is -0.384 e. The first-order chi connectivity index (χ1) is 8.59. The molecule has 1 aliphatic heterocycles. The lowest BCUT2D eigenvalue weighted by Gasteiger charge is -2.16. The first kappa shape index (κ1) is 14.4. The molecule has 0 saturated carbocycles. The second kappa shape index (κ2) is 4.51. The molecular weight excluding hydrogens is 262 g/mol. The zero-order valence-corrected chi connectivity index (χ0v) is 12.9. The Bertz CT molecular complexity index is 582. The number of sulfone groups is 1. The Morgan fingerprint density at radius 3 is 2.53 bits per heavy atom. The SMILES string of the molecule is Cc1c(CC(C)(C)C)nn(C2CCS(=O)(=O)C2)c1N. The van der Waals surface area contributed by atoms with E-state index in [1.807, 2.05) is 6.92 Å². The molecule has 2 rings (SSSR count). The third kappa shape index (κ3) is 3.11. The van der Waals surface area contributed by atoms with Gasteiger partial charge in [0.1, 0.15) is 5.82 Å². The van der Waals surface area contributed by atoms with Crippen LogP contribution in [0.1, 0.15) is 44.5 Å². The molecule has 19 heavy (non-hydrogen) atoms. The van der Waals surface area contributed by atoms with Crippen LogP contribution in [-0.2, 0) is 16.3 Å². The summed E-state index contributed by atoms with van der Waals surface area (Å²) in [4.78, 5) is 0. The molecule has 1 saturated heterocycles. The Morgan fingerprint density at radius 2 is 2.05 bits per heavy atom. The van der Waals surface area contributed by atoms with Crippen molar-refractivity contribution in [2.45, 2.75) is 46.6 Å². The number of anilines is 1.